The minimum absolute atomic E-state index is 0.171. The molecule has 0 radical (unpaired) electrons. The standard InChI is InChI=1S/C30H30Cl2N4O7S/c1-44(41,42)35-23-10-4-5-12-25(23)36-27(21-14-13-17(31)15-22(21)32)26(19-8-2-3-9-20(19)29(36)38)28(37)34-43-16-18-7-6-11-24(33-18)30(39)40/h2-3,6-9,11,13-15,23,25-27,35H,4-5,10,12,16H2,1H3,(H,34,37)(H,39,40)/t23-,25-,26+,27-/m0/s1. The van der Waals surface area contributed by atoms with Gasteiger partial charge in [0.15, 0.2) is 0 Å². The number of carboxylic acid groups (broad SMARTS) is 1. The Hall–Kier alpha value is -3.55. The number of fused-ring (bicyclic) bond motifs is 1. The fourth-order valence-corrected chi connectivity index (χ4v) is 7.40. The summed E-state index contributed by atoms with van der Waals surface area (Å²) in [5.41, 5.74) is 3.77. The first-order chi connectivity index (χ1) is 20.9. The highest BCUT2D eigenvalue weighted by molar-refractivity contribution is 7.88. The number of hydrogen-bond acceptors (Lipinski definition) is 7. The van der Waals surface area contributed by atoms with Crippen molar-refractivity contribution in [3.05, 3.63) is 98.8 Å². The highest BCUT2D eigenvalue weighted by Crippen LogP contribution is 2.47. The number of amides is 2. The first-order valence-corrected chi connectivity index (χ1v) is 16.5. The van der Waals surface area contributed by atoms with Crippen LogP contribution < -0.4 is 10.2 Å². The first kappa shape index (κ1) is 31.9. The third kappa shape index (κ3) is 6.89. The van der Waals surface area contributed by atoms with Crippen LogP contribution in [0.4, 0.5) is 0 Å². The van der Waals surface area contributed by atoms with Gasteiger partial charge in [-0.1, -0.05) is 66.4 Å². The van der Waals surface area contributed by atoms with Crippen LogP contribution in [0.2, 0.25) is 10.0 Å². The van der Waals surface area contributed by atoms with Crippen molar-refractivity contribution < 1.29 is 32.7 Å². The molecule has 2 heterocycles. The molecule has 11 nitrogen and oxygen atoms in total. The summed E-state index contributed by atoms with van der Waals surface area (Å²) < 4.78 is 27.4. The molecular formula is C30H30Cl2N4O7S. The van der Waals surface area contributed by atoms with E-state index in [0.717, 1.165) is 19.1 Å². The number of nitrogens with one attached hydrogen (secondary N) is 2. The number of carbonyl (C=O) groups excluding carboxylic acids is 2. The van der Waals surface area contributed by atoms with Gasteiger partial charge in [0.2, 0.25) is 10.0 Å². The summed E-state index contributed by atoms with van der Waals surface area (Å²) >= 11 is 12.9. The summed E-state index contributed by atoms with van der Waals surface area (Å²) in [6.07, 6.45) is 3.60. The Morgan fingerprint density at radius 2 is 1.80 bits per heavy atom. The molecule has 0 saturated heterocycles. The largest absolute Gasteiger partial charge is 0.477 e. The summed E-state index contributed by atoms with van der Waals surface area (Å²) in [5.74, 6) is -3.18. The van der Waals surface area contributed by atoms with E-state index in [9.17, 15) is 27.9 Å². The molecule has 1 aromatic heterocycles. The molecule has 1 aliphatic carbocycles. The molecule has 232 valence electrons. The van der Waals surface area contributed by atoms with Crippen molar-refractivity contribution in [3.63, 3.8) is 0 Å². The van der Waals surface area contributed by atoms with Crippen LogP contribution in [0.1, 0.15) is 75.3 Å². The van der Waals surface area contributed by atoms with Crippen molar-refractivity contribution in [2.45, 2.75) is 56.3 Å². The molecule has 0 bridgehead atoms. The average molecular weight is 662 g/mol. The number of sulfonamides is 1. The van der Waals surface area contributed by atoms with Crippen molar-refractivity contribution in [1.82, 2.24) is 20.1 Å². The predicted octanol–water partition coefficient (Wildman–Crippen LogP) is 4.48. The molecule has 1 saturated carbocycles. The highest BCUT2D eigenvalue weighted by Gasteiger charge is 2.49. The van der Waals surface area contributed by atoms with E-state index in [0.29, 0.717) is 34.6 Å². The van der Waals surface area contributed by atoms with Crippen LogP contribution in [0.15, 0.2) is 60.7 Å². The number of nitrogens with zero attached hydrogens (tertiary/aromatic N) is 2. The summed E-state index contributed by atoms with van der Waals surface area (Å²) in [5, 5.41) is 9.83. The lowest BCUT2D eigenvalue weighted by Crippen LogP contribution is -2.59. The van der Waals surface area contributed by atoms with E-state index in [1.165, 1.54) is 18.2 Å². The van der Waals surface area contributed by atoms with Gasteiger partial charge < -0.3 is 10.0 Å². The Morgan fingerprint density at radius 3 is 2.52 bits per heavy atom. The van der Waals surface area contributed by atoms with Gasteiger partial charge in [-0.3, -0.25) is 14.4 Å². The molecule has 2 amide bonds. The fourth-order valence-electron chi connectivity index (χ4n) is 6.05. The summed E-state index contributed by atoms with van der Waals surface area (Å²) in [6, 6.07) is 13.8. The molecule has 5 rings (SSSR count). The summed E-state index contributed by atoms with van der Waals surface area (Å²) in [4.78, 5) is 50.8. The Labute approximate surface area is 264 Å². The summed E-state index contributed by atoms with van der Waals surface area (Å²) in [6.45, 7) is -0.223. The second-order valence-electron chi connectivity index (χ2n) is 10.8. The van der Waals surface area contributed by atoms with Gasteiger partial charge in [0, 0.05) is 27.7 Å². The normalized spacial score (nSPS) is 21.9. The number of carboxylic acids is 1. The van der Waals surface area contributed by atoms with E-state index in [-0.39, 0.29) is 28.9 Å². The lowest BCUT2D eigenvalue weighted by molar-refractivity contribution is -0.138. The third-order valence-electron chi connectivity index (χ3n) is 7.81. The number of benzene rings is 2. The van der Waals surface area contributed by atoms with E-state index >= 15 is 0 Å². The van der Waals surface area contributed by atoms with E-state index in [4.69, 9.17) is 28.0 Å². The Balaban J connectivity index is 1.56. The van der Waals surface area contributed by atoms with Crippen LogP contribution in [0, 0.1) is 0 Å². The molecular weight excluding hydrogens is 631 g/mol. The maximum Gasteiger partial charge on any atom is 0.354 e. The molecule has 1 aliphatic heterocycles. The predicted molar refractivity (Wildman–Crippen MR) is 163 cm³/mol. The van der Waals surface area contributed by atoms with Gasteiger partial charge in [-0.15, -0.1) is 0 Å². The number of pyridine rings is 1. The Bertz CT molecular complexity index is 1700. The second kappa shape index (κ2) is 13.2. The van der Waals surface area contributed by atoms with Crippen LogP contribution in [0.25, 0.3) is 0 Å². The van der Waals surface area contributed by atoms with Gasteiger partial charge in [-0.05, 0) is 54.3 Å². The van der Waals surface area contributed by atoms with Crippen LogP contribution in [0.5, 0.6) is 0 Å². The maximum absolute atomic E-state index is 14.3. The molecule has 0 unspecified atom stereocenters. The molecule has 4 atom stereocenters. The SMILES string of the molecule is CS(=O)(=O)N[C@H]1CCCC[C@@H]1N1C(=O)c2ccccc2[C@@H](C(=O)NOCc2cccc(C(=O)O)n2)[C@@H]1c1ccc(Cl)cc1Cl. The van der Waals surface area contributed by atoms with E-state index in [2.05, 4.69) is 15.2 Å². The van der Waals surface area contributed by atoms with Gasteiger partial charge >= 0.3 is 5.97 Å². The topological polar surface area (TPSA) is 155 Å². The number of rotatable bonds is 9. The number of hydrogen-bond donors (Lipinski definition) is 3. The van der Waals surface area contributed by atoms with Crippen molar-refractivity contribution in [3.8, 4) is 0 Å². The van der Waals surface area contributed by atoms with Crippen LogP contribution in [0.3, 0.4) is 0 Å². The van der Waals surface area contributed by atoms with Crippen LogP contribution >= 0.6 is 23.2 Å². The van der Waals surface area contributed by atoms with Crippen LogP contribution in [-0.4, -0.2) is 59.5 Å². The minimum atomic E-state index is -3.62. The molecule has 3 aromatic rings. The first-order valence-electron chi connectivity index (χ1n) is 13.9. The van der Waals surface area contributed by atoms with Gasteiger partial charge in [-0.2, -0.15) is 0 Å². The minimum Gasteiger partial charge on any atom is -0.477 e. The third-order valence-corrected chi connectivity index (χ3v) is 9.10. The lowest BCUT2D eigenvalue weighted by Gasteiger charge is -2.49. The number of aromatic carboxylic acids is 1. The van der Waals surface area contributed by atoms with Gasteiger partial charge in [0.1, 0.15) is 12.3 Å². The maximum atomic E-state index is 14.3. The zero-order chi connectivity index (χ0) is 31.6. The van der Waals surface area contributed by atoms with Gasteiger partial charge in [-0.25, -0.2) is 28.4 Å². The average Bonchev–Trinajstić information content (AvgIpc) is 2.97. The molecule has 2 aliphatic rings. The quantitative estimate of drug-likeness (QED) is 0.284. The van der Waals surface area contributed by atoms with E-state index in [1.807, 2.05) is 0 Å². The molecule has 3 N–H and O–H groups in total. The van der Waals surface area contributed by atoms with Crippen LogP contribution in [-0.2, 0) is 26.3 Å². The zero-order valence-electron chi connectivity index (χ0n) is 23.6. The highest BCUT2D eigenvalue weighted by atomic mass is 35.5. The number of carbonyl (C=O) groups is 3. The number of aromatic nitrogens is 1. The Morgan fingerprint density at radius 1 is 1.05 bits per heavy atom. The van der Waals surface area contributed by atoms with E-state index < -0.39 is 45.9 Å². The van der Waals surface area contributed by atoms with Crippen molar-refractivity contribution in [1.29, 1.82) is 0 Å². The molecule has 44 heavy (non-hydrogen) atoms. The van der Waals surface area contributed by atoms with Crippen molar-refractivity contribution in [2.24, 2.45) is 0 Å². The van der Waals surface area contributed by atoms with E-state index in [1.54, 1.807) is 47.4 Å². The van der Waals surface area contributed by atoms with Gasteiger partial charge in [0.05, 0.1) is 23.9 Å². The lowest BCUT2D eigenvalue weighted by atomic mass is 9.76. The Kier molecular flexibility index (Phi) is 9.56. The van der Waals surface area contributed by atoms with Crippen molar-refractivity contribution >= 4 is 51.0 Å². The molecule has 14 heteroatoms. The monoisotopic (exact) mass is 660 g/mol. The number of halogens is 2. The second-order valence-corrected chi connectivity index (χ2v) is 13.4. The fraction of sp³-hybridized carbons (Fsp3) is 0.333. The van der Waals surface area contributed by atoms with Crippen molar-refractivity contribution in [2.75, 3.05) is 6.26 Å². The molecule has 1 fully saturated rings. The molecule has 0 spiro atoms. The molecule has 2 aromatic carbocycles. The van der Waals surface area contributed by atoms with Gasteiger partial charge in [0.25, 0.3) is 11.8 Å². The summed E-state index contributed by atoms with van der Waals surface area (Å²) in [7, 11) is -3.62. The number of hydroxylamine groups is 1. The zero-order valence-corrected chi connectivity index (χ0v) is 25.9. The smallest absolute Gasteiger partial charge is 0.354 e.